The SMILES string of the molecule is CC(=O)C1=C(O)C[C@@](C)(O)[C@H](C(C)=O)[C@H]1c1ccc(C(C)C)cc1. The van der Waals surface area contributed by atoms with Gasteiger partial charge < -0.3 is 10.2 Å². The molecule has 1 aromatic rings. The molecule has 0 spiro atoms. The fourth-order valence-electron chi connectivity index (χ4n) is 3.79. The first kappa shape index (κ1) is 18.4. The zero-order valence-corrected chi connectivity index (χ0v) is 15.0. The molecule has 0 bridgehead atoms. The van der Waals surface area contributed by atoms with Crippen LogP contribution in [0.3, 0.4) is 0 Å². The van der Waals surface area contributed by atoms with Crippen molar-refractivity contribution in [1.29, 1.82) is 0 Å². The van der Waals surface area contributed by atoms with Gasteiger partial charge in [0.05, 0.1) is 11.5 Å². The van der Waals surface area contributed by atoms with E-state index < -0.39 is 17.4 Å². The van der Waals surface area contributed by atoms with E-state index in [-0.39, 0.29) is 29.3 Å². The van der Waals surface area contributed by atoms with Gasteiger partial charge in [0.25, 0.3) is 0 Å². The molecule has 0 unspecified atom stereocenters. The van der Waals surface area contributed by atoms with Crippen LogP contribution in [0.1, 0.15) is 64.0 Å². The van der Waals surface area contributed by atoms with Crippen LogP contribution in [0, 0.1) is 5.92 Å². The predicted molar refractivity (Wildman–Crippen MR) is 93.0 cm³/mol. The van der Waals surface area contributed by atoms with Gasteiger partial charge in [-0.3, -0.25) is 9.59 Å². The molecule has 2 N–H and O–H groups in total. The number of rotatable bonds is 4. The van der Waals surface area contributed by atoms with Crippen LogP contribution < -0.4 is 0 Å². The van der Waals surface area contributed by atoms with Gasteiger partial charge in [0.1, 0.15) is 11.5 Å². The summed E-state index contributed by atoms with van der Waals surface area (Å²) in [5.74, 6) is -1.62. The van der Waals surface area contributed by atoms with Gasteiger partial charge in [-0.2, -0.15) is 0 Å². The molecule has 1 aliphatic carbocycles. The molecule has 0 aliphatic heterocycles. The Bertz CT molecular complexity index is 680. The molecule has 0 saturated heterocycles. The smallest absolute Gasteiger partial charge is 0.159 e. The lowest BCUT2D eigenvalue weighted by atomic mass is 9.64. The topological polar surface area (TPSA) is 74.6 Å². The number of ketones is 2. The lowest BCUT2D eigenvalue weighted by Crippen LogP contribution is -2.47. The summed E-state index contributed by atoms with van der Waals surface area (Å²) in [7, 11) is 0. The molecular formula is C20H26O4. The van der Waals surface area contributed by atoms with Crippen molar-refractivity contribution < 1.29 is 19.8 Å². The molecule has 4 heteroatoms. The molecule has 3 atom stereocenters. The fourth-order valence-corrected chi connectivity index (χ4v) is 3.79. The van der Waals surface area contributed by atoms with Crippen molar-refractivity contribution in [1.82, 2.24) is 0 Å². The summed E-state index contributed by atoms with van der Waals surface area (Å²) in [6.45, 7) is 8.53. The Morgan fingerprint density at radius 2 is 1.71 bits per heavy atom. The van der Waals surface area contributed by atoms with Crippen LogP contribution in [0.4, 0.5) is 0 Å². The second-order valence-electron chi connectivity index (χ2n) is 7.34. The molecule has 24 heavy (non-hydrogen) atoms. The molecule has 0 aromatic heterocycles. The third-order valence-corrected chi connectivity index (χ3v) is 4.93. The van der Waals surface area contributed by atoms with Crippen molar-refractivity contribution in [2.75, 3.05) is 0 Å². The van der Waals surface area contributed by atoms with E-state index in [1.807, 2.05) is 24.3 Å². The fraction of sp³-hybridized carbons (Fsp3) is 0.500. The Morgan fingerprint density at radius 1 is 1.17 bits per heavy atom. The number of carbonyl (C=O) groups excluding carboxylic acids is 2. The summed E-state index contributed by atoms with van der Waals surface area (Å²) in [5, 5.41) is 21.1. The number of carbonyl (C=O) groups is 2. The summed E-state index contributed by atoms with van der Waals surface area (Å²) in [5.41, 5.74) is 0.754. The van der Waals surface area contributed by atoms with Gasteiger partial charge in [-0.05, 0) is 37.8 Å². The third kappa shape index (κ3) is 3.29. The van der Waals surface area contributed by atoms with Gasteiger partial charge in [0, 0.05) is 17.9 Å². The van der Waals surface area contributed by atoms with Crippen molar-refractivity contribution in [3.63, 3.8) is 0 Å². The number of hydrogen-bond donors (Lipinski definition) is 2. The molecule has 0 radical (unpaired) electrons. The molecule has 130 valence electrons. The highest BCUT2D eigenvalue weighted by Crippen LogP contribution is 2.47. The summed E-state index contributed by atoms with van der Waals surface area (Å²) >= 11 is 0. The highest BCUT2D eigenvalue weighted by Gasteiger charge is 2.49. The quantitative estimate of drug-likeness (QED) is 0.883. The molecule has 0 saturated carbocycles. The number of Topliss-reactive ketones (excluding diaryl/α,β-unsaturated/α-hetero) is 2. The van der Waals surface area contributed by atoms with Gasteiger partial charge in [-0.25, -0.2) is 0 Å². The lowest BCUT2D eigenvalue weighted by molar-refractivity contribution is -0.132. The summed E-state index contributed by atoms with van der Waals surface area (Å²) < 4.78 is 0. The maximum Gasteiger partial charge on any atom is 0.159 e. The Hall–Kier alpha value is -1.94. The minimum Gasteiger partial charge on any atom is -0.512 e. The Labute approximate surface area is 143 Å². The summed E-state index contributed by atoms with van der Waals surface area (Å²) in [4.78, 5) is 24.4. The van der Waals surface area contributed by atoms with Crippen LogP contribution in [-0.4, -0.2) is 27.4 Å². The molecule has 1 aromatic carbocycles. The van der Waals surface area contributed by atoms with Crippen molar-refractivity contribution in [3.05, 3.63) is 46.7 Å². The van der Waals surface area contributed by atoms with Crippen LogP contribution in [0.25, 0.3) is 0 Å². The molecule has 1 aliphatic rings. The maximum absolute atomic E-state index is 12.3. The molecule has 0 heterocycles. The average Bonchev–Trinajstić information content (AvgIpc) is 2.44. The van der Waals surface area contributed by atoms with Crippen molar-refractivity contribution in [2.45, 2.75) is 58.5 Å². The van der Waals surface area contributed by atoms with Gasteiger partial charge in [-0.15, -0.1) is 0 Å². The first-order chi connectivity index (χ1) is 11.1. The number of hydrogen-bond acceptors (Lipinski definition) is 4. The first-order valence-electron chi connectivity index (χ1n) is 8.32. The van der Waals surface area contributed by atoms with E-state index in [1.54, 1.807) is 6.92 Å². The second-order valence-corrected chi connectivity index (χ2v) is 7.34. The molecule has 0 amide bonds. The Kier molecular flexibility index (Phi) is 5.00. The largest absolute Gasteiger partial charge is 0.512 e. The first-order valence-corrected chi connectivity index (χ1v) is 8.32. The van der Waals surface area contributed by atoms with Crippen LogP contribution in [-0.2, 0) is 9.59 Å². The monoisotopic (exact) mass is 330 g/mol. The van der Waals surface area contributed by atoms with Crippen molar-refractivity contribution in [2.24, 2.45) is 5.92 Å². The minimum atomic E-state index is -1.39. The number of aliphatic hydroxyl groups is 2. The third-order valence-electron chi connectivity index (χ3n) is 4.93. The zero-order chi connectivity index (χ0) is 18.2. The van der Waals surface area contributed by atoms with Gasteiger partial charge in [0.15, 0.2) is 5.78 Å². The summed E-state index contributed by atoms with van der Waals surface area (Å²) in [6, 6.07) is 7.70. The van der Waals surface area contributed by atoms with Crippen LogP contribution in [0.15, 0.2) is 35.6 Å². The van der Waals surface area contributed by atoms with Gasteiger partial charge in [-0.1, -0.05) is 38.1 Å². The molecular weight excluding hydrogens is 304 g/mol. The van der Waals surface area contributed by atoms with E-state index in [4.69, 9.17) is 0 Å². The Morgan fingerprint density at radius 3 is 2.12 bits per heavy atom. The van der Waals surface area contributed by atoms with E-state index in [0.717, 1.165) is 11.1 Å². The van der Waals surface area contributed by atoms with Crippen LogP contribution in [0.2, 0.25) is 0 Å². The number of benzene rings is 1. The summed E-state index contributed by atoms with van der Waals surface area (Å²) in [6.07, 6.45) is -0.0905. The van der Waals surface area contributed by atoms with E-state index in [2.05, 4.69) is 13.8 Å². The van der Waals surface area contributed by atoms with Crippen LogP contribution >= 0.6 is 0 Å². The van der Waals surface area contributed by atoms with Crippen molar-refractivity contribution >= 4 is 11.6 Å². The molecule has 0 fully saturated rings. The van der Waals surface area contributed by atoms with Crippen LogP contribution in [0.5, 0.6) is 0 Å². The Balaban J connectivity index is 2.64. The van der Waals surface area contributed by atoms with Crippen molar-refractivity contribution in [3.8, 4) is 0 Å². The molecule has 4 nitrogen and oxygen atoms in total. The number of allylic oxidation sites excluding steroid dienone is 1. The zero-order valence-electron chi connectivity index (χ0n) is 15.0. The normalized spacial score (nSPS) is 27.5. The second kappa shape index (κ2) is 6.52. The van der Waals surface area contributed by atoms with E-state index >= 15 is 0 Å². The maximum atomic E-state index is 12.3. The molecule has 2 rings (SSSR count). The minimum absolute atomic E-state index is 0.0905. The van der Waals surface area contributed by atoms with E-state index in [0.29, 0.717) is 5.92 Å². The standard InChI is InChI=1S/C20H26O4/c1-11(2)14-6-8-15(9-7-14)18-17(12(3)21)16(23)10-20(5,24)19(18)13(4)22/h6-9,11,18-19,23-24H,10H2,1-5H3/t18-,19+,20+/m0/s1. The highest BCUT2D eigenvalue weighted by molar-refractivity contribution is 5.97. The predicted octanol–water partition coefficient (Wildman–Crippen LogP) is 3.65. The van der Waals surface area contributed by atoms with E-state index in [9.17, 15) is 19.8 Å². The average molecular weight is 330 g/mol. The van der Waals surface area contributed by atoms with E-state index in [1.165, 1.54) is 13.8 Å². The lowest BCUT2D eigenvalue weighted by Gasteiger charge is -2.42. The van der Waals surface area contributed by atoms with Gasteiger partial charge in [0.2, 0.25) is 0 Å². The number of aliphatic hydroxyl groups excluding tert-OH is 1. The highest BCUT2D eigenvalue weighted by atomic mass is 16.3. The van der Waals surface area contributed by atoms with Gasteiger partial charge >= 0.3 is 0 Å².